The van der Waals surface area contributed by atoms with Crippen molar-refractivity contribution in [3.63, 3.8) is 0 Å². The van der Waals surface area contributed by atoms with E-state index in [4.69, 9.17) is 5.73 Å². The number of amides is 1. The summed E-state index contributed by atoms with van der Waals surface area (Å²) in [4.78, 5) is 15.2. The maximum Gasteiger partial charge on any atom is 0.416 e. The summed E-state index contributed by atoms with van der Waals surface area (Å²) in [5, 5.41) is 4.61. The van der Waals surface area contributed by atoms with Gasteiger partial charge in [-0.2, -0.15) is 18.3 Å². The van der Waals surface area contributed by atoms with Crippen LogP contribution in [0.4, 0.5) is 13.2 Å². The number of carbonyl (C=O) groups is 1. The smallest absolute Gasteiger partial charge is 0.364 e. The van der Waals surface area contributed by atoms with Crippen LogP contribution in [0.1, 0.15) is 16.1 Å². The number of nitrogens with two attached hydrogens (primary N) is 1. The second-order valence-electron chi connectivity index (χ2n) is 4.58. The lowest BCUT2D eigenvalue weighted by molar-refractivity contribution is -0.137. The maximum atomic E-state index is 12.8. The number of hydrogen-bond donors (Lipinski definition) is 1. The van der Waals surface area contributed by atoms with Gasteiger partial charge in [-0.15, -0.1) is 0 Å². The number of nitrogens with zero attached hydrogens (tertiary/aromatic N) is 3. The van der Waals surface area contributed by atoms with Crippen LogP contribution in [0.2, 0.25) is 0 Å². The first-order valence-electron chi connectivity index (χ1n) is 6.18. The molecule has 5 nitrogen and oxygen atoms in total. The molecule has 0 aliphatic rings. The van der Waals surface area contributed by atoms with E-state index in [1.54, 1.807) is 6.07 Å². The summed E-state index contributed by atoms with van der Waals surface area (Å²) in [7, 11) is 0. The van der Waals surface area contributed by atoms with Crippen molar-refractivity contribution < 1.29 is 18.0 Å². The van der Waals surface area contributed by atoms with Crippen LogP contribution in [0, 0.1) is 0 Å². The average molecular weight is 306 g/mol. The van der Waals surface area contributed by atoms with E-state index in [1.165, 1.54) is 29.1 Å². The monoisotopic (exact) mass is 306 g/mol. The van der Waals surface area contributed by atoms with Gasteiger partial charge in [-0.25, -0.2) is 9.67 Å². The zero-order valence-electron chi connectivity index (χ0n) is 11.0. The second-order valence-corrected chi connectivity index (χ2v) is 4.58. The van der Waals surface area contributed by atoms with Gasteiger partial charge in [-0.3, -0.25) is 4.79 Å². The van der Waals surface area contributed by atoms with Crippen molar-refractivity contribution >= 4 is 16.9 Å². The van der Waals surface area contributed by atoms with Crippen molar-refractivity contribution in [1.29, 1.82) is 0 Å². The molecule has 0 unspecified atom stereocenters. The SMILES string of the molecule is NC(=O)c1ccc2cnn(-c3cccc(C(F)(F)F)c3)c2n1. The van der Waals surface area contributed by atoms with Crippen molar-refractivity contribution in [1.82, 2.24) is 14.8 Å². The minimum Gasteiger partial charge on any atom is -0.364 e. The Labute approximate surface area is 122 Å². The summed E-state index contributed by atoms with van der Waals surface area (Å²) in [6, 6.07) is 7.70. The standard InChI is InChI=1S/C14H9F3N4O/c15-14(16,17)9-2-1-3-10(6-9)21-13-8(7-19-21)4-5-11(20-13)12(18)22/h1-7H,(H2,18,22). The first-order chi connectivity index (χ1) is 10.4. The van der Waals surface area contributed by atoms with Gasteiger partial charge in [0.2, 0.25) is 0 Å². The predicted octanol–water partition coefficient (Wildman–Crippen LogP) is 2.54. The van der Waals surface area contributed by atoms with Crippen LogP contribution >= 0.6 is 0 Å². The van der Waals surface area contributed by atoms with Crippen LogP contribution in [-0.2, 0) is 6.18 Å². The molecule has 1 amide bonds. The van der Waals surface area contributed by atoms with Gasteiger partial charge in [0.1, 0.15) is 5.69 Å². The highest BCUT2D eigenvalue weighted by Crippen LogP contribution is 2.30. The van der Waals surface area contributed by atoms with Gasteiger partial charge >= 0.3 is 6.18 Å². The maximum absolute atomic E-state index is 12.8. The Balaban J connectivity index is 2.18. The highest BCUT2D eigenvalue weighted by Gasteiger charge is 2.30. The predicted molar refractivity (Wildman–Crippen MR) is 72.4 cm³/mol. The summed E-state index contributed by atoms with van der Waals surface area (Å²) >= 11 is 0. The van der Waals surface area contributed by atoms with Gasteiger partial charge in [-0.05, 0) is 30.3 Å². The van der Waals surface area contributed by atoms with Crippen molar-refractivity contribution in [3.05, 3.63) is 53.9 Å². The summed E-state index contributed by atoms with van der Waals surface area (Å²) in [5.74, 6) is -0.723. The zero-order chi connectivity index (χ0) is 15.9. The third-order valence-corrected chi connectivity index (χ3v) is 3.09. The Morgan fingerprint density at radius 2 is 1.95 bits per heavy atom. The number of hydrogen-bond acceptors (Lipinski definition) is 3. The fourth-order valence-electron chi connectivity index (χ4n) is 2.04. The highest BCUT2D eigenvalue weighted by molar-refractivity contribution is 5.93. The van der Waals surface area contributed by atoms with E-state index in [9.17, 15) is 18.0 Å². The number of rotatable bonds is 2. The molecule has 112 valence electrons. The largest absolute Gasteiger partial charge is 0.416 e. The van der Waals surface area contributed by atoms with Gasteiger partial charge in [0.25, 0.3) is 5.91 Å². The minimum absolute atomic E-state index is 0.0150. The quantitative estimate of drug-likeness (QED) is 0.790. The van der Waals surface area contributed by atoms with E-state index < -0.39 is 17.6 Å². The molecule has 8 heteroatoms. The summed E-state index contributed by atoms with van der Waals surface area (Å²) in [6.07, 6.45) is -3.00. The molecule has 3 rings (SSSR count). The lowest BCUT2D eigenvalue weighted by Crippen LogP contribution is -2.13. The van der Waals surface area contributed by atoms with Gasteiger partial charge in [-0.1, -0.05) is 6.07 Å². The van der Waals surface area contributed by atoms with E-state index >= 15 is 0 Å². The molecule has 0 aliphatic heterocycles. The van der Waals surface area contributed by atoms with E-state index in [1.807, 2.05) is 0 Å². The average Bonchev–Trinajstić information content (AvgIpc) is 2.89. The number of carbonyl (C=O) groups excluding carboxylic acids is 1. The number of pyridine rings is 1. The van der Waals surface area contributed by atoms with E-state index in [2.05, 4.69) is 10.1 Å². The van der Waals surface area contributed by atoms with Crippen LogP contribution in [0.15, 0.2) is 42.6 Å². The van der Waals surface area contributed by atoms with Crippen molar-refractivity contribution in [3.8, 4) is 5.69 Å². The number of primary amides is 1. The van der Waals surface area contributed by atoms with Crippen LogP contribution in [-0.4, -0.2) is 20.7 Å². The lowest BCUT2D eigenvalue weighted by Gasteiger charge is -2.09. The number of alkyl halides is 3. The van der Waals surface area contributed by atoms with Crippen LogP contribution in [0.3, 0.4) is 0 Å². The first-order valence-corrected chi connectivity index (χ1v) is 6.18. The molecule has 3 aromatic rings. The molecule has 0 atom stereocenters. The van der Waals surface area contributed by atoms with E-state index in [0.29, 0.717) is 5.39 Å². The Morgan fingerprint density at radius 3 is 2.64 bits per heavy atom. The molecule has 22 heavy (non-hydrogen) atoms. The number of halogens is 3. The number of benzene rings is 1. The van der Waals surface area contributed by atoms with E-state index in [-0.39, 0.29) is 17.0 Å². The molecule has 2 heterocycles. The molecule has 1 aromatic carbocycles. The fraction of sp³-hybridized carbons (Fsp3) is 0.0714. The Bertz CT molecular complexity index is 870. The molecule has 2 aromatic heterocycles. The summed E-state index contributed by atoms with van der Waals surface area (Å²) in [5.41, 5.74) is 4.84. The second kappa shape index (κ2) is 4.83. The molecule has 0 saturated heterocycles. The van der Waals surface area contributed by atoms with Crippen molar-refractivity contribution in [2.45, 2.75) is 6.18 Å². The molecule has 0 fully saturated rings. The molecule has 0 saturated carbocycles. The summed E-state index contributed by atoms with van der Waals surface area (Å²) < 4.78 is 39.6. The van der Waals surface area contributed by atoms with Gasteiger partial charge < -0.3 is 5.73 Å². The zero-order valence-corrected chi connectivity index (χ0v) is 11.0. The summed E-state index contributed by atoms with van der Waals surface area (Å²) in [6.45, 7) is 0. The Morgan fingerprint density at radius 1 is 1.18 bits per heavy atom. The third-order valence-electron chi connectivity index (χ3n) is 3.09. The Hall–Kier alpha value is -2.90. The number of aromatic nitrogens is 3. The fourth-order valence-corrected chi connectivity index (χ4v) is 2.04. The molecular weight excluding hydrogens is 297 g/mol. The molecule has 0 bridgehead atoms. The molecule has 2 N–H and O–H groups in total. The van der Waals surface area contributed by atoms with E-state index in [0.717, 1.165) is 12.1 Å². The lowest BCUT2D eigenvalue weighted by atomic mass is 10.2. The van der Waals surface area contributed by atoms with Gasteiger partial charge in [0.05, 0.1) is 17.4 Å². The van der Waals surface area contributed by atoms with Crippen LogP contribution < -0.4 is 5.73 Å². The minimum atomic E-state index is -4.45. The van der Waals surface area contributed by atoms with Crippen molar-refractivity contribution in [2.24, 2.45) is 5.73 Å². The van der Waals surface area contributed by atoms with Gasteiger partial charge in [0.15, 0.2) is 5.65 Å². The highest BCUT2D eigenvalue weighted by atomic mass is 19.4. The topological polar surface area (TPSA) is 73.8 Å². The van der Waals surface area contributed by atoms with Crippen molar-refractivity contribution in [2.75, 3.05) is 0 Å². The molecule has 0 radical (unpaired) electrons. The van der Waals surface area contributed by atoms with Crippen LogP contribution in [0.5, 0.6) is 0 Å². The molecular formula is C14H9F3N4O. The van der Waals surface area contributed by atoms with Crippen LogP contribution in [0.25, 0.3) is 16.7 Å². The molecule has 0 aliphatic carbocycles. The van der Waals surface area contributed by atoms with Gasteiger partial charge in [0, 0.05) is 5.39 Å². The molecule has 0 spiro atoms. The third kappa shape index (κ3) is 2.39. The first kappa shape index (κ1) is 14.1. The Kier molecular flexibility index (Phi) is 3.09. The normalized spacial score (nSPS) is 11.8. The number of fused-ring (bicyclic) bond motifs is 1.